The van der Waals surface area contributed by atoms with E-state index >= 15 is 0 Å². The van der Waals surface area contributed by atoms with Gasteiger partial charge in [-0.3, -0.25) is 9.69 Å². The number of ether oxygens (including phenoxy) is 3. The average molecular weight is 804 g/mol. The van der Waals surface area contributed by atoms with Crippen LogP contribution in [-0.4, -0.2) is 91.5 Å². The lowest BCUT2D eigenvalue weighted by Gasteiger charge is -2.40. The van der Waals surface area contributed by atoms with Crippen LogP contribution in [0.4, 0.5) is 4.79 Å². The van der Waals surface area contributed by atoms with Crippen LogP contribution < -0.4 is 10.1 Å². The van der Waals surface area contributed by atoms with E-state index in [0.717, 1.165) is 125 Å². The number of likely N-dealkylation sites (tertiary alicyclic amines) is 2. The molecule has 4 aliphatic rings. The Morgan fingerprint density at radius 3 is 2.54 bits per heavy atom. The first-order valence-electron chi connectivity index (χ1n) is 21.4. The Bertz CT molecular complexity index is 2380. The highest BCUT2D eigenvalue weighted by atomic mass is 16.5. The fraction of sp³-hybridized carbons (Fsp3) is 0.522. The second kappa shape index (κ2) is 15.6. The van der Waals surface area contributed by atoms with E-state index in [4.69, 9.17) is 24.2 Å². The normalized spacial score (nSPS) is 23.9. The number of aromatic nitrogens is 4. The number of H-pyrrole nitrogens is 2. The van der Waals surface area contributed by atoms with Gasteiger partial charge in [-0.2, -0.15) is 0 Å². The Hall–Kier alpha value is -4.98. The minimum absolute atomic E-state index is 0.00830. The van der Waals surface area contributed by atoms with Gasteiger partial charge in [0.15, 0.2) is 0 Å². The van der Waals surface area contributed by atoms with Gasteiger partial charge < -0.3 is 39.5 Å². The molecule has 3 saturated heterocycles. The van der Waals surface area contributed by atoms with Crippen LogP contribution in [0.2, 0.25) is 0 Å². The number of amides is 2. The molecular formula is C46H57N7O6. The van der Waals surface area contributed by atoms with E-state index in [9.17, 15) is 14.7 Å². The zero-order valence-electron chi connectivity index (χ0n) is 35.0. The molecular weight excluding hydrogens is 747 g/mol. The number of imidazole rings is 2. The van der Waals surface area contributed by atoms with E-state index in [-0.39, 0.29) is 41.4 Å². The van der Waals surface area contributed by atoms with Crippen LogP contribution in [0, 0.1) is 11.3 Å². The number of nitrogens with one attached hydrogen (secondary N) is 3. The van der Waals surface area contributed by atoms with E-state index < -0.39 is 18.4 Å². The minimum Gasteiger partial charge on any atom is -0.488 e. The highest BCUT2D eigenvalue weighted by Gasteiger charge is 2.43. The average Bonchev–Trinajstić information content (AvgIpc) is 4.04. The second-order valence-electron chi connectivity index (χ2n) is 18.0. The predicted octanol–water partition coefficient (Wildman–Crippen LogP) is 8.15. The largest absolute Gasteiger partial charge is 0.488 e. The van der Waals surface area contributed by atoms with Gasteiger partial charge >= 0.3 is 6.09 Å². The summed E-state index contributed by atoms with van der Waals surface area (Å²) >= 11 is 0. The molecule has 0 spiro atoms. The summed E-state index contributed by atoms with van der Waals surface area (Å²) in [5, 5.41) is 16.3. The van der Waals surface area contributed by atoms with Crippen LogP contribution in [0.25, 0.3) is 44.2 Å². The van der Waals surface area contributed by atoms with Crippen LogP contribution in [-0.2, 0) is 20.9 Å². The van der Waals surface area contributed by atoms with E-state index in [0.29, 0.717) is 6.61 Å². The van der Waals surface area contributed by atoms with Crippen LogP contribution >= 0.6 is 0 Å². The first kappa shape index (κ1) is 39.5. The number of nitrogens with zero attached hydrogens (tertiary/aromatic N) is 4. The first-order chi connectivity index (χ1) is 28.4. The van der Waals surface area contributed by atoms with Crippen molar-refractivity contribution in [1.82, 2.24) is 35.1 Å². The van der Waals surface area contributed by atoms with Crippen LogP contribution in [0.5, 0.6) is 5.75 Å². The number of aliphatic hydroxyl groups is 1. The van der Waals surface area contributed by atoms with Gasteiger partial charge in [-0.1, -0.05) is 39.0 Å². The fourth-order valence-electron chi connectivity index (χ4n) is 10.2. The molecule has 3 fully saturated rings. The van der Waals surface area contributed by atoms with E-state index in [1.807, 2.05) is 24.9 Å². The molecule has 312 valence electrons. The van der Waals surface area contributed by atoms with Crippen molar-refractivity contribution in [2.45, 2.75) is 123 Å². The lowest BCUT2D eigenvalue weighted by atomic mass is 9.78. The number of hydrogen-bond donors (Lipinski definition) is 4. The summed E-state index contributed by atoms with van der Waals surface area (Å²) in [6.07, 6.45) is 7.02. The molecule has 0 saturated carbocycles. The zero-order valence-corrected chi connectivity index (χ0v) is 35.0. The van der Waals surface area contributed by atoms with Crippen molar-refractivity contribution >= 4 is 33.8 Å². The topological polar surface area (TPSA) is 158 Å². The Balaban J connectivity index is 0.959. The number of alkyl carbamates (subject to hydrolysis) is 1. The molecule has 5 aromatic rings. The standard InChI is InChI=1S/C46H57N7O6/c1-25(2)40(51-45(56)57-6)44(55)53-27(4)8-14-37(53)43-48-34-12-10-28-20-33-31-11-9-29(19-30(31)24-59-38(33)21-32(28)41(34)50-43)35-23-47-42(49-35)36-13-7-26(3)52(36)39(54)22-46(5)15-17-58-18-16-46/h9-12,19-21,23,25-27,36-37,39-40,54H,7-8,13-18,22,24H2,1-6H3,(H,47,49)(H,48,50)(H,51,56)/t26-,27-,36-,37-,39?,40-/m0/s1. The van der Waals surface area contributed by atoms with Gasteiger partial charge in [0.25, 0.3) is 0 Å². The molecule has 2 aromatic heterocycles. The van der Waals surface area contributed by atoms with E-state index in [2.05, 4.69) is 83.4 Å². The molecule has 0 aliphatic carbocycles. The van der Waals surface area contributed by atoms with Gasteiger partial charge in [0.05, 0.1) is 42.1 Å². The Labute approximate surface area is 345 Å². The molecule has 13 heteroatoms. The summed E-state index contributed by atoms with van der Waals surface area (Å²) in [5.41, 5.74) is 7.07. The van der Waals surface area contributed by atoms with Crippen molar-refractivity contribution in [3.05, 3.63) is 65.9 Å². The van der Waals surface area contributed by atoms with Gasteiger partial charge in [-0.05, 0) is 116 Å². The molecule has 13 nitrogen and oxygen atoms in total. The molecule has 2 amide bonds. The minimum atomic E-state index is -0.710. The predicted molar refractivity (Wildman–Crippen MR) is 225 cm³/mol. The number of carbonyl (C=O) groups is 2. The van der Waals surface area contributed by atoms with Crippen molar-refractivity contribution in [3.8, 4) is 28.1 Å². The molecule has 4 N–H and O–H groups in total. The molecule has 0 radical (unpaired) electrons. The lowest BCUT2D eigenvalue weighted by Crippen LogP contribution is -2.52. The SMILES string of the molecule is COC(=O)N[C@H](C(=O)N1[C@@H](C)CC[C@H]1c1nc2c(ccc3cc4c(cc32)OCc2cc(-c3cnc([C@@H]5CC[C@H](C)N5C(O)CC5(C)CCOCC5)[nH]3)ccc2-4)[nH]1)C(C)C. The van der Waals surface area contributed by atoms with Crippen molar-refractivity contribution in [3.63, 3.8) is 0 Å². The molecule has 59 heavy (non-hydrogen) atoms. The maximum atomic E-state index is 14.0. The summed E-state index contributed by atoms with van der Waals surface area (Å²) < 4.78 is 16.9. The highest BCUT2D eigenvalue weighted by molar-refractivity contribution is 6.07. The number of carbonyl (C=O) groups excluding carboxylic acids is 2. The summed E-state index contributed by atoms with van der Waals surface area (Å²) in [6, 6.07) is 14.3. The smallest absolute Gasteiger partial charge is 0.407 e. The Kier molecular flexibility index (Phi) is 10.4. The number of fused-ring (bicyclic) bond motifs is 6. The van der Waals surface area contributed by atoms with E-state index in [1.165, 1.54) is 7.11 Å². The summed E-state index contributed by atoms with van der Waals surface area (Å²) in [7, 11) is 1.30. The number of hydrogen-bond acceptors (Lipinski definition) is 9. The van der Waals surface area contributed by atoms with Crippen LogP contribution in [0.15, 0.2) is 48.7 Å². The molecule has 9 rings (SSSR count). The molecule has 6 heterocycles. The third-order valence-corrected chi connectivity index (χ3v) is 13.7. The Morgan fingerprint density at radius 2 is 1.76 bits per heavy atom. The zero-order chi connectivity index (χ0) is 41.2. The third kappa shape index (κ3) is 7.24. The van der Waals surface area contributed by atoms with Gasteiger partial charge in [0.1, 0.15) is 36.3 Å². The van der Waals surface area contributed by atoms with Crippen LogP contribution in [0.3, 0.4) is 0 Å². The highest BCUT2D eigenvalue weighted by Crippen LogP contribution is 2.45. The Morgan fingerprint density at radius 1 is 0.983 bits per heavy atom. The maximum Gasteiger partial charge on any atom is 0.407 e. The second-order valence-corrected chi connectivity index (χ2v) is 18.0. The molecule has 1 unspecified atom stereocenters. The van der Waals surface area contributed by atoms with Crippen molar-refractivity contribution in [2.75, 3.05) is 20.3 Å². The van der Waals surface area contributed by atoms with Crippen molar-refractivity contribution in [1.29, 1.82) is 0 Å². The maximum absolute atomic E-state index is 14.0. The van der Waals surface area contributed by atoms with Gasteiger partial charge in [-0.25, -0.2) is 14.8 Å². The lowest BCUT2D eigenvalue weighted by molar-refractivity contribution is -0.137. The summed E-state index contributed by atoms with van der Waals surface area (Å²) in [6.45, 7) is 12.3. The molecule has 0 bridgehead atoms. The fourth-order valence-corrected chi connectivity index (χ4v) is 10.2. The monoisotopic (exact) mass is 803 g/mol. The van der Waals surface area contributed by atoms with Crippen molar-refractivity contribution in [2.24, 2.45) is 11.3 Å². The van der Waals surface area contributed by atoms with Gasteiger partial charge in [0.2, 0.25) is 5.91 Å². The molecule has 3 aromatic carbocycles. The number of aliphatic hydroxyl groups excluding tert-OH is 1. The number of rotatable bonds is 9. The molecule has 4 aliphatic heterocycles. The van der Waals surface area contributed by atoms with Crippen molar-refractivity contribution < 1.29 is 28.9 Å². The van der Waals surface area contributed by atoms with Gasteiger partial charge in [-0.15, -0.1) is 0 Å². The quantitative estimate of drug-likeness (QED) is 0.115. The summed E-state index contributed by atoms with van der Waals surface area (Å²) in [4.78, 5) is 47.4. The molecule has 6 atom stereocenters. The van der Waals surface area contributed by atoms with E-state index in [1.54, 1.807) is 0 Å². The number of benzene rings is 3. The van der Waals surface area contributed by atoms with Crippen LogP contribution in [0.1, 0.15) is 109 Å². The summed E-state index contributed by atoms with van der Waals surface area (Å²) in [5.74, 6) is 2.19. The third-order valence-electron chi connectivity index (χ3n) is 13.7. The van der Waals surface area contributed by atoms with Gasteiger partial charge in [0, 0.05) is 36.2 Å². The number of methoxy groups -OCH3 is 1. The number of aromatic amines is 2. The first-order valence-corrected chi connectivity index (χ1v) is 21.4.